The van der Waals surface area contributed by atoms with Gasteiger partial charge in [0.2, 0.25) is 0 Å². The lowest BCUT2D eigenvalue weighted by atomic mass is 9.72. The van der Waals surface area contributed by atoms with Gasteiger partial charge in [-0.1, -0.05) is 26.2 Å². The SMILES string of the molecule is CCCn1ncc(C(=O)NCC2(CCO)CCCCC2)c1C1CC1. The molecule has 24 heavy (non-hydrogen) atoms. The van der Waals surface area contributed by atoms with Gasteiger partial charge in [0.15, 0.2) is 0 Å². The molecule has 0 bridgehead atoms. The second-order valence-corrected chi connectivity index (χ2v) is 7.66. The standard InChI is InChI=1S/C19H31N3O2/c1-2-11-22-17(15-6-7-15)16(13-21-22)18(24)20-14-19(10-12-23)8-4-3-5-9-19/h13,15,23H,2-12,14H2,1H3,(H,20,24). The summed E-state index contributed by atoms with van der Waals surface area (Å²) in [5.74, 6) is 0.531. The van der Waals surface area contributed by atoms with Crippen molar-refractivity contribution >= 4 is 5.91 Å². The molecule has 0 atom stereocenters. The van der Waals surface area contributed by atoms with Gasteiger partial charge < -0.3 is 10.4 Å². The van der Waals surface area contributed by atoms with Crippen LogP contribution in [0.25, 0.3) is 0 Å². The molecule has 1 aromatic heterocycles. The van der Waals surface area contributed by atoms with Gasteiger partial charge in [0, 0.05) is 25.6 Å². The largest absolute Gasteiger partial charge is 0.396 e. The van der Waals surface area contributed by atoms with Crippen molar-refractivity contribution in [3.8, 4) is 0 Å². The number of carbonyl (C=O) groups is 1. The van der Waals surface area contributed by atoms with Crippen molar-refractivity contribution in [2.75, 3.05) is 13.2 Å². The van der Waals surface area contributed by atoms with Gasteiger partial charge in [-0.15, -0.1) is 0 Å². The first-order valence-corrected chi connectivity index (χ1v) is 9.64. The fourth-order valence-electron chi connectivity index (χ4n) is 4.16. The van der Waals surface area contributed by atoms with Crippen LogP contribution in [-0.2, 0) is 6.54 Å². The van der Waals surface area contributed by atoms with Crippen molar-refractivity contribution in [1.29, 1.82) is 0 Å². The Morgan fingerprint density at radius 2 is 2.12 bits per heavy atom. The molecule has 0 saturated heterocycles. The monoisotopic (exact) mass is 333 g/mol. The van der Waals surface area contributed by atoms with Crippen molar-refractivity contribution in [3.63, 3.8) is 0 Å². The molecule has 2 saturated carbocycles. The maximum Gasteiger partial charge on any atom is 0.254 e. The summed E-state index contributed by atoms with van der Waals surface area (Å²) >= 11 is 0. The fourth-order valence-corrected chi connectivity index (χ4v) is 4.16. The minimum Gasteiger partial charge on any atom is -0.396 e. The summed E-state index contributed by atoms with van der Waals surface area (Å²) in [6.45, 7) is 3.90. The molecular formula is C19H31N3O2. The maximum atomic E-state index is 12.8. The van der Waals surface area contributed by atoms with Gasteiger partial charge >= 0.3 is 0 Å². The molecule has 2 fully saturated rings. The van der Waals surface area contributed by atoms with Crippen LogP contribution in [0.2, 0.25) is 0 Å². The predicted molar refractivity (Wildman–Crippen MR) is 94.0 cm³/mol. The molecule has 0 spiro atoms. The highest BCUT2D eigenvalue weighted by Gasteiger charge is 2.34. The number of carbonyl (C=O) groups excluding carboxylic acids is 1. The Bertz CT molecular complexity index is 551. The number of aryl methyl sites for hydroxylation is 1. The fraction of sp³-hybridized carbons (Fsp3) is 0.789. The summed E-state index contributed by atoms with van der Waals surface area (Å²) in [5, 5.41) is 17.0. The molecule has 2 aliphatic rings. The summed E-state index contributed by atoms with van der Waals surface area (Å²) in [7, 11) is 0. The zero-order chi connectivity index (χ0) is 17.0. The van der Waals surface area contributed by atoms with E-state index in [0.29, 0.717) is 12.5 Å². The molecular weight excluding hydrogens is 302 g/mol. The summed E-state index contributed by atoms with van der Waals surface area (Å²) in [6.07, 6.45) is 11.8. The zero-order valence-electron chi connectivity index (χ0n) is 14.9. The summed E-state index contributed by atoms with van der Waals surface area (Å²) in [6, 6.07) is 0. The number of hydrogen-bond acceptors (Lipinski definition) is 3. The minimum absolute atomic E-state index is 0.0159. The molecule has 3 rings (SSSR count). The first kappa shape index (κ1) is 17.5. The number of nitrogens with zero attached hydrogens (tertiary/aromatic N) is 2. The topological polar surface area (TPSA) is 67.2 Å². The predicted octanol–water partition coefficient (Wildman–Crippen LogP) is 3.23. The van der Waals surface area contributed by atoms with Crippen LogP contribution < -0.4 is 5.32 Å². The van der Waals surface area contributed by atoms with Gasteiger partial charge in [0.25, 0.3) is 5.91 Å². The molecule has 0 aliphatic heterocycles. The van der Waals surface area contributed by atoms with Crippen LogP contribution in [0.5, 0.6) is 0 Å². The van der Waals surface area contributed by atoms with E-state index in [2.05, 4.69) is 17.3 Å². The number of aromatic nitrogens is 2. The van der Waals surface area contributed by atoms with E-state index in [4.69, 9.17) is 0 Å². The van der Waals surface area contributed by atoms with E-state index in [0.717, 1.165) is 43.5 Å². The summed E-state index contributed by atoms with van der Waals surface area (Å²) in [4.78, 5) is 12.8. The summed E-state index contributed by atoms with van der Waals surface area (Å²) in [5.41, 5.74) is 1.98. The van der Waals surface area contributed by atoms with Crippen LogP contribution in [0.15, 0.2) is 6.20 Å². The van der Waals surface area contributed by atoms with E-state index in [9.17, 15) is 9.90 Å². The third-order valence-electron chi connectivity index (χ3n) is 5.70. The number of rotatable bonds is 8. The van der Waals surface area contributed by atoms with Crippen molar-refractivity contribution in [1.82, 2.24) is 15.1 Å². The molecule has 134 valence electrons. The average molecular weight is 333 g/mol. The van der Waals surface area contributed by atoms with E-state index in [1.165, 1.54) is 32.1 Å². The first-order valence-electron chi connectivity index (χ1n) is 9.64. The Morgan fingerprint density at radius 1 is 1.38 bits per heavy atom. The molecule has 1 amide bonds. The van der Waals surface area contributed by atoms with Gasteiger partial charge in [-0.3, -0.25) is 9.48 Å². The molecule has 0 aromatic carbocycles. The molecule has 2 aliphatic carbocycles. The Morgan fingerprint density at radius 3 is 2.75 bits per heavy atom. The summed E-state index contributed by atoms with van der Waals surface area (Å²) < 4.78 is 2.02. The van der Waals surface area contributed by atoms with Gasteiger partial charge in [-0.05, 0) is 43.9 Å². The third-order valence-corrected chi connectivity index (χ3v) is 5.70. The number of aliphatic hydroxyl groups is 1. The van der Waals surface area contributed by atoms with Crippen LogP contribution >= 0.6 is 0 Å². The quantitative estimate of drug-likeness (QED) is 0.767. The molecule has 0 radical (unpaired) electrons. The Hall–Kier alpha value is -1.36. The Balaban J connectivity index is 1.68. The lowest BCUT2D eigenvalue weighted by Gasteiger charge is -2.37. The van der Waals surface area contributed by atoms with Crippen LogP contribution in [-0.4, -0.2) is 33.9 Å². The Labute approximate surface area is 144 Å². The van der Waals surface area contributed by atoms with Crippen molar-refractivity contribution in [3.05, 3.63) is 17.5 Å². The van der Waals surface area contributed by atoms with Crippen molar-refractivity contribution < 1.29 is 9.90 Å². The van der Waals surface area contributed by atoms with E-state index in [1.54, 1.807) is 6.20 Å². The van der Waals surface area contributed by atoms with E-state index in [1.807, 2.05) is 4.68 Å². The Kier molecular flexibility index (Phi) is 5.59. The average Bonchev–Trinajstić information content (AvgIpc) is 3.35. The molecule has 5 nitrogen and oxygen atoms in total. The molecule has 5 heteroatoms. The highest BCUT2D eigenvalue weighted by Crippen LogP contribution is 2.42. The maximum absolute atomic E-state index is 12.8. The number of nitrogens with one attached hydrogen (secondary N) is 1. The molecule has 1 aromatic rings. The number of hydrogen-bond donors (Lipinski definition) is 2. The zero-order valence-corrected chi connectivity index (χ0v) is 14.9. The highest BCUT2D eigenvalue weighted by atomic mass is 16.3. The second-order valence-electron chi connectivity index (χ2n) is 7.66. The minimum atomic E-state index is 0.0159. The van der Waals surface area contributed by atoms with Crippen molar-refractivity contribution in [2.24, 2.45) is 5.41 Å². The number of aliphatic hydroxyl groups excluding tert-OH is 1. The lowest BCUT2D eigenvalue weighted by molar-refractivity contribution is 0.0868. The highest BCUT2D eigenvalue weighted by molar-refractivity contribution is 5.95. The van der Waals surface area contributed by atoms with Crippen LogP contribution in [0, 0.1) is 5.41 Å². The second kappa shape index (κ2) is 7.68. The number of amides is 1. The molecule has 0 unspecified atom stereocenters. The third kappa shape index (κ3) is 3.82. The van der Waals surface area contributed by atoms with Crippen molar-refractivity contribution in [2.45, 2.75) is 77.2 Å². The molecule has 1 heterocycles. The normalized spacial score (nSPS) is 20.1. The van der Waals surface area contributed by atoms with E-state index < -0.39 is 0 Å². The van der Waals surface area contributed by atoms with Gasteiger partial charge in [-0.25, -0.2) is 0 Å². The van der Waals surface area contributed by atoms with Crippen LogP contribution in [0.1, 0.15) is 86.7 Å². The molecule has 2 N–H and O–H groups in total. The van der Waals surface area contributed by atoms with Crippen LogP contribution in [0.4, 0.5) is 0 Å². The lowest BCUT2D eigenvalue weighted by Crippen LogP contribution is -2.39. The van der Waals surface area contributed by atoms with E-state index in [-0.39, 0.29) is 17.9 Å². The van der Waals surface area contributed by atoms with E-state index >= 15 is 0 Å². The first-order chi connectivity index (χ1) is 11.7. The van der Waals surface area contributed by atoms with Gasteiger partial charge in [0.1, 0.15) is 0 Å². The van der Waals surface area contributed by atoms with Gasteiger partial charge in [0.05, 0.1) is 17.5 Å². The van der Waals surface area contributed by atoms with Crippen LogP contribution in [0.3, 0.4) is 0 Å². The smallest absolute Gasteiger partial charge is 0.254 e. The van der Waals surface area contributed by atoms with Gasteiger partial charge in [-0.2, -0.15) is 5.10 Å².